The summed E-state index contributed by atoms with van der Waals surface area (Å²) in [5, 5.41) is 2.37. The summed E-state index contributed by atoms with van der Waals surface area (Å²) in [6, 6.07) is 3.12. The number of anilines is 1. The van der Waals surface area contributed by atoms with Gasteiger partial charge in [0.2, 0.25) is 0 Å². The third kappa shape index (κ3) is 3.99. The highest BCUT2D eigenvalue weighted by atomic mass is 32.1. The first-order valence-electron chi connectivity index (χ1n) is 8.51. The van der Waals surface area contributed by atoms with Crippen molar-refractivity contribution in [1.82, 2.24) is 9.80 Å². The number of piperidine rings is 1. The molecule has 1 aromatic rings. The largest absolute Gasteiger partial charge is 0.368 e. The second-order valence-corrected chi connectivity index (χ2v) is 7.72. The van der Waals surface area contributed by atoms with Gasteiger partial charge < -0.3 is 4.90 Å². The highest BCUT2D eigenvalue weighted by molar-refractivity contribution is 7.10. The van der Waals surface area contributed by atoms with Crippen LogP contribution >= 0.6 is 11.3 Å². The third-order valence-corrected chi connectivity index (χ3v) is 5.79. The van der Waals surface area contributed by atoms with Crippen molar-refractivity contribution in [2.45, 2.75) is 45.7 Å². The molecule has 2 aliphatic heterocycles. The fourth-order valence-electron chi connectivity index (χ4n) is 3.45. The maximum Gasteiger partial charge on any atom is 0.0479 e. The molecule has 0 radical (unpaired) electrons. The van der Waals surface area contributed by atoms with Crippen molar-refractivity contribution in [2.75, 3.05) is 44.2 Å². The molecule has 4 heteroatoms. The van der Waals surface area contributed by atoms with Crippen LogP contribution in [0.3, 0.4) is 0 Å². The number of nitrogens with zero attached hydrogens (tertiary/aromatic N) is 3. The Labute approximate surface area is 133 Å². The molecule has 0 N–H and O–H groups in total. The van der Waals surface area contributed by atoms with Crippen LogP contribution < -0.4 is 4.90 Å². The number of hydrogen-bond donors (Lipinski definition) is 0. The van der Waals surface area contributed by atoms with Crippen LogP contribution in [0.4, 0.5) is 5.69 Å². The van der Waals surface area contributed by atoms with E-state index in [1.807, 2.05) is 11.3 Å². The van der Waals surface area contributed by atoms with Gasteiger partial charge in [-0.2, -0.15) is 0 Å². The van der Waals surface area contributed by atoms with Crippen molar-refractivity contribution < 1.29 is 0 Å². The van der Waals surface area contributed by atoms with Gasteiger partial charge in [0.1, 0.15) is 0 Å². The minimum atomic E-state index is 0.685. The summed E-state index contributed by atoms with van der Waals surface area (Å²) < 4.78 is 0. The first-order valence-corrected chi connectivity index (χ1v) is 9.39. The van der Waals surface area contributed by atoms with Gasteiger partial charge in [-0.3, -0.25) is 9.80 Å². The van der Waals surface area contributed by atoms with Gasteiger partial charge >= 0.3 is 0 Å². The zero-order chi connectivity index (χ0) is 14.7. The summed E-state index contributed by atoms with van der Waals surface area (Å²) in [6.07, 6.45) is 4.19. The molecular formula is C17H29N3S. The molecule has 3 heterocycles. The van der Waals surface area contributed by atoms with Crippen LogP contribution in [0.25, 0.3) is 0 Å². The maximum absolute atomic E-state index is 2.62. The second-order valence-electron chi connectivity index (χ2n) is 6.72. The zero-order valence-electron chi connectivity index (χ0n) is 13.6. The van der Waals surface area contributed by atoms with Gasteiger partial charge in [-0.15, -0.1) is 11.3 Å². The predicted molar refractivity (Wildman–Crippen MR) is 92.4 cm³/mol. The maximum atomic E-state index is 2.62. The average molecular weight is 308 g/mol. The van der Waals surface area contributed by atoms with Crippen LogP contribution in [0.1, 0.15) is 38.0 Å². The normalized spacial score (nSPS) is 22.1. The smallest absolute Gasteiger partial charge is 0.0479 e. The molecule has 0 saturated carbocycles. The summed E-state index contributed by atoms with van der Waals surface area (Å²) in [5.74, 6) is 0. The first kappa shape index (κ1) is 15.3. The fraction of sp³-hybridized carbons (Fsp3) is 0.765. The van der Waals surface area contributed by atoms with Crippen molar-refractivity contribution >= 4 is 17.0 Å². The van der Waals surface area contributed by atoms with Gasteiger partial charge in [0.15, 0.2) is 0 Å². The molecule has 0 aromatic carbocycles. The van der Waals surface area contributed by atoms with Crippen LogP contribution in [-0.2, 0) is 6.54 Å². The van der Waals surface area contributed by atoms with E-state index in [1.54, 1.807) is 0 Å². The Morgan fingerprint density at radius 2 is 1.71 bits per heavy atom. The molecule has 3 rings (SSSR count). The van der Waals surface area contributed by atoms with Gasteiger partial charge in [-0.1, -0.05) is 6.42 Å². The molecule has 2 aliphatic rings. The number of piperazine rings is 1. The Morgan fingerprint density at radius 1 is 1.00 bits per heavy atom. The van der Waals surface area contributed by atoms with Crippen LogP contribution in [0.2, 0.25) is 0 Å². The number of hydrogen-bond acceptors (Lipinski definition) is 4. The highest BCUT2D eigenvalue weighted by Crippen LogP contribution is 2.26. The lowest BCUT2D eigenvalue weighted by Gasteiger charge is -2.37. The topological polar surface area (TPSA) is 9.72 Å². The van der Waals surface area contributed by atoms with Crippen molar-refractivity contribution in [1.29, 1.82) is 0 Å². The molecule has 2 fully saturated rings. The second kappa shape index (κ2) is 7.12. The Balaban J connectivity index is 1.53. The minimum Gasteiger partial charge on any atom is -0.368 e. The summed E-state index contributed by atoms with van der Waals surface area (Å²) in [7, 11) is 0. The summed E-state index contributed by atoms with van der Waals surface area (Å²) in [6.45, 7) is 13.1. The Bertz CT molecular complexity index is 429. The molecule has 2 saturated heterocycles. The summed E-state index contributed by atoms with van der Waals surface area (Å²) in [5.41, 5.74) is 1.45. The van der Waals surface area contributed by atoms with Gasteiger partial charge in [-0.25, -0.2) is 0 Å². The van der Waals surface area contributed by atoms with E-state index in [9.17, 15) is 0 Å². The van der Waals surface area contributed by atoms with Crippen LogP contribution in [0.5, 0.6) is 0 Å². The van der Waals surface area contributed by atoms with Gasteiger partial charge in [0, 0.05) is 54.7 Å². The lowest BCUT2D eigenvalue weighted by molar-refractivity contribution is 0.209. The van der Waals surface area contributed by atoms with E-state index in [2.05, 4.69) is 40.0 Å². The minimum absolute atomic E-state index is 0.685. The lowest BCUT2D eigenvalue weighted by Crippen LogP contribution is -2.48. The molecule has 0 unspecified atom stereocenters. The number of rotatable bonds is 4. The Morgan fingerprint density at radius 3 is 2.38 bits per heavy atom. The van der Waals surface area contributed by atoms with E-state index in [1.165, 1.54) is 69.1 Å². The summed E-state index contributed by atoms with van der Waals surface area (Å²) >= 11 is 1.95. The van der Waals surface area contributed by atoms with Gasteiger partial charge in [-0.05, 0) is 45.8 Å². The monoisotopic (exact) mass is 307 g/mol. The molecule has 0 amide bonds. The quantitative estimate of drug-likeness (QED) is 0.845. The summed E-state index contributed by atoms with van der Waals surface area (Å²) in [4.78, 5) is 9.31. The van der Waals surface area contributed by atoms with E-state index >= 15 is 0 Å². The van der Waals surface area contributed by atoms with Gasteiger partial charge in [0.05, 0.1) is 0 Å². The predicted octanol–water partition coefficient (Wildman–Crippen LogP) is 3.26. The molecule has 118 valence electrons. The Hall–Kier alpha value is -0.580. The van der Waals surface area contributed by atoms with E-state index in [4.69, 9.17) is 0 Å². The lowest BCUT2D eigenvalue weighted by atomic mass is 10.1. The van der Waals surface area contributed by atoms with Gasteiger partial charge in [0.25, 0.3) is 0 Å². The average Bonchev–Trinajstić information content (AvgIpc) is 2.97. The first-order chi connectivity index (χ1) is 10.2. The molecule has 0 spiro atoms. The molecule has 0 bridgehead atoms. The van der Waals surface area contributed by atoms with Crippen molar-refractivity contribution in [2.24, 2.45) is 0 Å². The van der Waals surface area contributed by atoms with Crippen LogP contribution in [-0.4, -0.2) is 55.1 Å². The van der Waals surface area contributed by atoms with Crippen molar-refractivity contribution in [3.05, 3.63) is 16.3 Å². The van der Waals surface area contributed by atoms with Crippen molar-refractivity contribution in [3.63, 3.8) is 0 Å². The van der Waals surface area contributed by atoms with E-state index in [0.717, 1.165) is 6.54 Å². The molecular weight excluding hydrogens is 278 g/mol. The van der Waals surface area contributed by atoms with Crippen LogP contribution in [0, 0.1) is 0 Å². The molecule has 0 aliphatic carbocycles. The Kier molecular flexibility index (Phi) is 5.19. The van der Waals surface area contributed by atoms with Crippen LogP contribution in [0.15, 0.2) is 11.4 Å². The number of likely N-dealkylation sites (tertiary alicyclic amines) is 1. The standard InChI is InChI=1S/C17H29N3S/c1-15(2)19-8-10-20(11-9-19)16-12-17(21-14-16)13-18-6-4-3-5-7-18/h12,14-15H,3-11,13H2,1-2H3. The highest BCUT2D eigenvalue weighted by Gasteiger charge is 2.20. The third-order valence-electron chi connectivity index (χ3n) is 4.88. The molecule has 0 atom stereocenters. The molecule has 3 nitrogen and oxygen atoms in total. The van der Waals surface area contributed by atoms with E-state index < -0.39 is 0 Å². The number of thiophene rings is 1. The molecule has 21 heavy (non-hydrogen) atoms. The van der Waals surface area contributed by atoms with E-state index in [-0.39, 0.29) is 0 Å². The fourth-order valence-corrected chi connectivity index (χ4v) is 4.39. The SMILES string of the molecule is CC(C)N1CCN(c2csc(CN3CCCCC3)c2)CC1. The van der Waals surface area contributed by atoms with E-state index in [0.29, 0.717) is 6.04 Å². The zero-order valence-corrected chi connectivity index (χ0v) is 14.4. The van der Waals surface area contributed by atoms with Crippen molar-refractivity contribution in [3.8, 4) is 0 Å². The molecule has 1 aromatic heterocycles.